The number of sulfone groups is 1. The first-order valence-corrected chi connectivity index (χ1v) is 7.22. The van der Waals surface area contributed by atoms with Crippen LogP contribution in [0, 0.1) is 0 Å². The van der Waals surface area contributed by atoms with E-state index in [0.29, 0.717) is 5.56 Å². The average molecular weight is 271 g/mol. The third kappa shape index (κ3) is 3.43. The highest BCUT2D eigenvalue weighted by Crippen LogP contribution is 2.13. The zero-order chi connectivity index (χ0) is 14.0. The maximum Gasteiger partial charge on any atom is 0.251 e. The van der Waals surface area contributed by atoms with Crippen LogP contribution in [0.5, 0.6) is 0 Å². The maximum atomic E-state index is 11.8. The van der Waals surface area contributed by atoms with E-state index in [2.05, 4.69) is 10.3 Å². The van der Waals surface area contributed by atoms with Crippen LogP contribution in [0.4, 0.5) is 5.82 Å². The Bertz CT molecular complexity index is 552. The Kier molecular flexibility index (Phi) is 3.95. The van der Waals surface area contributed by atoms with E-state index in [4.69, 9.17) is 5.73 Å². The molecule has 6 nitrogen and oxygen atoms in total. The van der Waals surface area contributed by atoms with Crippen LogP contribution in [0.3, 0.4) is 0 Å². The van der Waals surface area contributed by atoms with Gasteiger partial charge in [0.2, 0.25) is 0 Å². The molecule has 1 aromatic heterocycles. The first kappa shape index (κ1) is 14.4. The van der Waals surface area contributed by atoms with Crippen molar-refractivity contribution in [2.45, 2.75) is 18.6 Å². The molecule has 0 saturated carbocycles. The second-order valence-corrected chi connectivity index (χ2v) is 7.33. The van der Waals surface area contributed by atoms with Gasteiger partial charge in [0, 0.05) is 24.6 Å². The van der Waals surface area contributed by atoms with Gasteiger partial charge in [0.25, 0.3) is 5.91 Å². The van der Waals surface area contributed by atoms with Gasteiger partial charge in [-0.05, 0) is 26.0 Å². The van der Waals surface area contributed by atoms with E-state index in [-0.39, 0.29) is 18.3 Å². The molecule has 0 bridgehead atoms. The lowest BCUT2D eigenvalue weighted by atomic mass is 10.2. The number of nitrogens with one attached hydrogen (secondary N) is 1. The minimum Gasteiger partial charge on any atom is -0.384 e. The van der Waals surface area contributed by atoms with Gasteiger partial charge in [0.1, 0.15) is 5.82 Å². The lowest BCUT2D eigenvalue weighted by Gasteiger charge is -2.22. The molecular weight excluding hydrogens is 254 g/mol. The zero-order valence-electron chi connectivity index (χ0n) is 10.6. The van der Waals surface area contributed by atoms with E-state index in [0.717, 1.165) is 6.26 Å². The number of carbonyl (C=O) groups excluding carboxylic acids is 1. The molecule has 18 heavy (non-hydrogen) atoms. The van der Waals surface area contributed by atoms with Gasteiger partial charge in [-0.2, -0.15) is 0 Å². The van der Waals surface area contributed by atoms with Crippen molar-refractivity contribution in [1.29, 1.82) is 0 Å². The Labute approximate surface area is 107 Å². The van der Waals surface area contributed by atoms with Gasteiger partial charge in [0.15, 0.2) is 9.84 Å². The van der Waals surface area contributed by atoms with E-state index in [9.17, 15) is 13.2 Å². The molecule has 0 spiro atoms. The molecule has 3 N–H and O–H groups in total. The molecule has 7 heteroatoms. The fourth-order valence-corrected chi connectivity index (χ4v) is 1.45. The Balaban J connectivity index is 2.74. The van der Waals surface area contributed by atoms with Crippen molar-refractivity contribution >= 4 is 21.6 Å². The van der Waals surface area contributed by atoms with Gasteiger partial charge in [-0.15, -0.1) is 0 Å². The minimum absolute atomic E-state index is 0.0346. The summed E-state index contributed by atoms with van der Waals surface area (Å²) in [5.41, 5.74) is 5.81. The molecule has 0 aliphatic rings. The summed E-state index contributed by atoms with van der Waals surface area (Å²) in [5.74, 6) is -0.133. The SMILES string of the molecule is CC(C)(CNC(=O)c1ccnc(N)c1)S(C)(=O)=O. The van der Waals surface area contributed by atoms with Crippen molar-refractivity contribution < 1.29 is 13.2 Å². The normalized spacial score (nSPS) is 12.2. The Hall–Kier alpha value is -1.63. The van der Waals surface area contributed by atoms with Crippen LogP contribution < -0.4 is 11.1 Å². The van der Waals surface area contributed by atoms with Crippen LogP contribution in [-0.2, 0) is 9.84 Å². The molecule has 100 valence electrons. The van der Waals surface area contributed by atoms with E-state index in [1.54, 1.807) is 13.8 Å². The van der Waals surface area contributed by atoms with Crippen LogP contribution in [-0.4, -0.2) is 36.9 Å². The van der Waals surface area contributed by atoms with Crippen LogP contribution >= 0.6 is 0 Å². The molecule has 0 aliphatic heterocycles. The second kappa shape index (κ2) is 4.93. The second-order valence-electron chi connectivity index (χ2n) is 4.68. The van der Waals surface area contributed by atoms with Crippen LogP contribution in [0.25, 0.3) is 0 Å². The maximum absolute atomic E-state index is 11.8. The number of pyridine rings is 1. The van der Waals surface area contributed by atoms with Crippen molar-refractivity contribution in [3.05, 3.63) is 23.9 Å². The van der Waals surface area contributed by atoms with E-state index >= 15 is 0 Å². The third-order valence-corrected chi connectivity index (χ3v) is 4.87. The molecule has 0 saturated heterocycles. The highest BCUT2D eigenvalue weighted by molar-refractivity contribution is 7.92. The molecule has 1 rings (SSSR count). The highest BCUT2D eigenvalue weighted by Gasteiger charge is 2.30. The standard InChI is InChI=1S/C11H17N3O3S/c1-11(2,18(3,16)17)7-14-10(15)8-4-5-13-9(12)6-8/h4-6H,7H2,1-3H3,(H2,12,13)(H,14,15). The Morgan fingerprint density at radius 2 is 2.11 bits per heavy atom. The van der Waals surface area contributed by atoms with Gasteiger partial charge in [0.05, 0.1) is 4.75 Å². The number of nitrogens with two attached hydrogens (primary N) is 1. The van der Waals surface area contributed by atoms with Gasteiger partial charge in [-0.3, -0.25) is 4.79 Å². The molecule has 1 aromatic rings. The van der Waals surface area contributed by atoms with Crippen molar-refractivity contribution in [1.82, 2.24) is 10.3 Å². The summed E-state index contributed by atoms with van der Waals surface area (Å²) in [6.45, 7) is 3.15. The molecule has 1 amide bonds. The monoisotopic (exact) mass is 271 g/mol. The Morgan fingerprint density at radius 1 is 1.50 bits per heavy atom. The molecule has 0 unspecified atom stereocenters. The number of hydrogen-bond donors (Lipinski definition) is 2. The number of carbonyl (C=O) groups is 1. The number of hydrogen-bond acceptors (Lipinski definition) is 5. The quantitative estimate of drug-likeness (QED) is 0.815. The molecular formula is C11H17N3O3S. The fourth-order valence-electron chi connectivity index (χ4n) is 1.12. The third-order valence-electron chi connectivity index (χ3n) is 2.72. The lowest BCUT2D eigenvalue weighted by Crippen LogP contribution is -2.43. The summed E-state index contributed by atoms with van der Waals surface area (Å²) in [4.78, 5) is 15.6. The van der Waals surface area contributed by atoms with Crippen molar-refractivity contribution in [3.63, 3.8) is 0 Å². The summed E-state index contributed by atoms with van der Waals surface area (Å²) in [5, 5.41) is 2.57. The predicted octanol–water partition coefficient (Wildman–Crippen LogP) is 0.217. The van der Waals surface area contributed by atoms with Crippen LogP contribution in [0.2, 0.25) is 0 Å². The topological polar surface area (TPSA) is 102 Å². The Morgan fingerprint density at radius 3 is 2.61 bits per heavy atom. The van der Waals surface area contributed by atoms with Gasteiger partial charge in [-0.25, -0.2) is 13.4 Å². The number of anilines is 1. The predicted molar refractivity (Wildman–Crippen MR) is 69.9 cm³/mol. The largest absolute Gasteiger partial charge is 0.384 e. The number of rotatable bonds is 4. The summed E-state index contributed by atoms with van der Waals surface area (Å²) in [6, 6.07) is 2.95. The van der Waals surface area contributed by atoms with Crippen molar-refractivity contribution in [2.24, 2.45) is 0 Å². The number of aromatic nitrogens is 1. The van der Waals surface area contributed by atoms with E-state index in [1.807, 2.05) is 0 Å². The molecule has 0 atom stereocenters. The smallest absolute Gasteiger partial charge is 0.251 e. The number of nitrogen functional groups attached to an aromatic ring is 1. The molecule has 1 heterocycles. The summed E-state index contributed by atoms with van der Waals surface area (Å²) in [7, 11) is -3.24. The summed E-state index contributed by atoms with van der Waals surface area (Å²) in [6.07, 6.45) is 2.57. The van der Waals surface area contributed by atoms with Crippen molar-refractivity contribution in [3.8, 4) is 0 Å². The molecule has 0 aromatic carbocycles. The van der Waals surface area contributed by atoms with E-state index in [1.165, 1.54) is 18.3 Å². The van der Waals surface area contributed by atoms with Gasteiger partial charge < -0.3 is 11.1 Å². The highest BCUT2D eigenvalue weighted by atomic mass is 32.2. The van der Waals surface area contributed by atoms with Gasteiger partial charge in [-0.1, -0.05) is 0 Å². The minimum atomic E-state index is -3.24. The summed E-state index contributed by atoms with van der Waals surface area (Å²) < 4.78 is 21.9. The zero-order valence-corrected chi connectivity index (χ0v) is 11.4. The van der Waals surface area contributed by atoms with Crippen LogP contribution in [0.1, 0.15) is 24.2 Å². The van der Waals surface area contributed by atoms with Crippen LogP contribution in [0.15, 0.2) is 18.3 Å². The first-order chi connectivity index (χ1) is 8.13. The fraction of sp³-hybridized carbons (Fsp3) is 0.455. The lowest BCUT2D eigenvalue weighted by molar-refractivity contribution is 0.0950. The number of amides is 1. The van der Waals surface area contributed by atoms with E-state index < -0.39 is 14.6 Å². The molecule has 0 aliphatic carbocycles. The molecule has 0 radical (unpaired) electrons. The van der Waals surface area contributed by atoms with Crippen molar-refractivity contribution in [2.75, 3.05) is 18.5 Å². The van der Waals surface area contributed by atoms with Gasteiger partial charge >= 0.3 is 0 Å². The average Bonchev–Trinajstić information content (AvgIpc) is 2.24. The first-order valence-electron chi connectivity index (χ1n) is 5.33. The molecule has 0 fully saturated rings. The number of nitrogens with zero attached hydrogens (tertiary/aromatic N) is 1. The summed E-state index contributed by atoms with van der Waals surface area (Å²) >= 11 is 0.